The number of benzene rings is 3. The number of methoxy groups -OCH3 is 1. The fraction of sp³-hybridized carbons (Fsp3) is 0.200. The Hall–Kier alpha value is -3.74. The zero-order valence-electron chi connectivity index (χ0n) is 17.8. The molecule has 2 N–H and O–H groups in total. The highest BCUT2D eigenvalue weighted by Crippen LogP contribution is 2.17. The summed E-state index contributed by atoms with van der Waals surface area (Å²) in [6.07, 6.45) is 0.256. The molecule has 0 aliphatic heterocycles. The van der Waals surface area contributed by atoms with E-state index in [2.05, 4.69) is 10.6 Å². The Morgan fingerprint density at radius 1 is 0.906 bits per heavy atom. The standard InChI is InChI=1S/C25H24F2N2O3/c1-16(20-9-12-22(26)23(27)14-20)29-25(31)19-7-3-18(4-8-19)15-28-24(30)13-17-5-10-21(32-2)11-6-17/h3-12,14,16H,13,15H2,1-2H3,(H,28,30)(H,29,31). The number of rotatable bonds is 8. The largest absolute Gasteiger partial charge is 0.497 e. The van der Waals surface area contributed by atoms with Gasteiger partial charge >= 0.3 is 0 Å². The van der Waals surface area contributed by atoms with Crippen LogP contribution >= 0.6 is 0 Å². The first kappa shape index (κ1) is 22.9. The van der Waals surface area contributed by atoms with Crippen LogP contribution in [0.1, 0.15) is 40.0 Å². The predicted octanol–water partition coefficient (Wildman–Crippen LogP) is 4.32. The minimum absolute atomic E-state index is 0.114. The monoisotopic (exact) mass is 438 g/mol. The molecular weight excluding hydrogens is 414 g/mol. The topological polar surface area (TPSA) is 67.4 Å². The lowest BCUT2D eigenvalue weighted by molar-refractivity contribution is -0.120. The van der Waals surface area contributed by atoms with Crippen molar-refractivity contribution in [1.82, 2.24) is 10.6 Å². The molecule has 7 heteroatoms. The lowest BCUT2D eigenvalue weighted by Crippen LogP contribution is -2.27. The van der Waals surface area contributed by atoms with Gasteiger partial charge in [-0.1, -0.05) is 30.3 Å². The molecule has 0 saturated carbocycles. The zero-order chi connectivity index (χ0) is 23.1. The van der Waals surface area contributed by atoms with Crippen LogP contribution in [0.25, 0.3) is 0 Å². The van der Waals surface area contributed by atoms with E-state index >= 15 is 0 Å². The first-order valence-electron chi connectivity index (χ1n) is 10.1. The fourth-order valence-electron chi connectivity index (χ4n) is 3.11. The second-order valence-corrected chi connectivity index (χ2v) is 7.37. The summed E-state index contributed by atoms with van der Waals surface area (Å²) in [6.45, 7) is 2.03. The van der Waals surface area contributed by atoms with Crippen LogP contribution in [0.2, 0.25) is 0 Å². The number of nitrogens with one attached hydrogen (secondary N) is 2. The summed E-state index contributed by atoms with van der Waals surface area (Å²) in [4.78, 5) is 24.6. The van der Waals surface area contributed by atoms with E-state index in [1.165, 1.54) is 6.07 Å². The van der Waals surface area contributed by atoms with Crippen molar-refractivity contribution in [3.8, 4) is 5.75 Å². The van der Waals surface area contributed by atoms with Gasteiger partial charge in [-0.15, -0.1) is 0 Å². The number of ether oxygens (including phenoxy) is 1. The molecule has 0 spiro atoms. The molecule has 0 bridgehead atoms. The van der Waals surface area contributed by atoms with Crippen LogP contribution in [0.4, 0.5) is 8.78 Å². The van der Waals surface area contributed by atoms with Crippen molar-refractivity contribution < 1.29 is 23.1 Å². The van der Waals surface area contributed by atoms with Crippen LogP contribution in [0.3, 0.4) is 0 Å². The third kappa shape index (κ3) is 6.14. The average molecular weight is 438 g/mol. The maximum Gasteiger partial charge on any atom is 0.251 e. The summed E-state index contributed by atoms with van der Waals surface area (Å²) in [5.74, 6) is -1.60. The molecule has 0 saturated heterocycles. The number of hydrogen-bond donors (Lipinski definition) is 2. The summed E-state index contributed by atoms with van der Waals surface area (Å²) in [7, 11) is 1.59. The predicted molar refractivity (Wildman–Crippen MR) is 117 cm³/mol. The molecule has 0 aliphatic carbocycles. The minimum Gasteiger partial charge on any atom is -0.497 e. The van der Waals surface area contributed by atoms with Gasteiger partial charge in [-0.25, -0.2) is 8.78 Å². The summed E-state index contributed by atoms with van der Waals surface area (Å²) < 4.78 is 31.6. The molecule has 3 aromatic carbocycles. The molecule has 0 fully saturated rings. The summed E-state index contributed by atoms with van der Waals surface area (Å²) in [5.41, 5.74) is 2.62. The number of amides is 2. The maximum absolute atomic E-state index is 13.4. The van der Waals surface area contributed by atoms with Crippen molar-refractivity contribution in [1.29, 1.82) is 0 Å². The van der Waals surface area contributed by atoms with Crippen LogP contribution in [0.5, 0.6) is 5.75 Å². The quantitative estimate of drug-likeness (QED) is 0.550. The first-order valence-corrected chi connectivity index (χ1v) is 10.1. The molecular formula is C25H24F2N2O3. The van der Waals surface area contributed by atoms with Gasteiger partial charge in [0.05, 0.1) is 19.6 Å². The number of hydrogen-bond acceptors (Lipinski definition) is 3. The van der Waals surface area contributed by atoms with Crippen LogP contribution < -0.4 is 15.4 Å². The van der Waals surface area contributed by atoms with E-state index in [9.17, 15) is 18.4 Å². The number of carbonyl (C=O) groups is 2. The van der Waals surface area contributed by atoms with Gasteiger partial charge < -0.3 is 15.4 Å². The fourth-order valence-corrected chi connectivity index (χ4v) is 3.11. The molecule has 0 aromatic heterocycles. The molecule has 166 valence electrons. The maximum atomic E-state index is 13.4. The van der Waals surface area contributed by atoms with Gasteiger partial charge in [-0.3, -0.25) is 9.59 Å². The molecule has 0 aliphatic rings. The van der Waals surface area contributed by atoms with Crippen molar-refractivity contribution >= 4 is 11.8 Å². The summed E-state index contributed by atoms with van der Waals surface area (Å²) in [6, 6.07) is 17.1. The molecule has 3 aromatic rings. The molecule has 5 nitrogen and oxygen atoms in total. The van der Waals surface area contributed by atoms with Crippen molar-refractivity contribution in [3.05, 3.63) is 101 Å². The lowest BCUT2D eigenvalue weighted by atomic mass is 10.1. The smallest absolute Gasteiger partial charge is 0.251 e. The minimum atomic E-state index is -0.956. The lowest BCUT2D eigenvalue weighted by Gasteiger charge is -2.15. The molecule has 2 amide bonds. The van der Waals surface area contributed by atoms with Crippen LogP contribution in [-0.2, 0) is 17.8 Å². The second-order valence-electron chi connectivity index (χ2n) is 7.37. The second kappa shape index (κ2) is 10.5. The Morgan fingerprint density at radius 2 is 1.56 bits per heavy atom. The first-order chi connectivity index (χ1) is 15.4. The highest BCUT2D eigenvalue weighted by atomic mass is 19.2. The summed E-state index contributed by atoms with van der Waals surface area (Å²) >= 11 is 0. The Balaban J connectivity index is 1.50. The van der Waals surface area contributed by atoms with E-state index in [1.54, 1.807) is 50.4 Å². The van der Waals surface area contributed by atoms with E-state index in [4.69, 9.17) is 4.74 Å². The number of halogens is 2. The molecule has 0 heterocycles. The van der Waals surface area contributed by atoms with Crippen LogP contribution in [0.15, 0.2) is 66.7 Å². The van der Waals surface area contributed by atoms with Crippen molar-refractivity contribution in [2.45, 2.75) is 25.9 Å². The third-order valence-electron chi connectivity index (χ3n) is 5.02. The van der Waals surface area contributed by atoms with Gasteiger partial charge in [0.15, 0.2) is 11.6 Å². The third-order valence-corrected chi connectivity index (χ3v) is 5.02. The van der Waals surface area contributed by atoms with E-state index in [-0.39, 0.29) is 18.2 Å². The zero-order valence-corrected chi connectivity index (χ0v) is 17.8. The van der Waals surface area contributed by atoms with Gasteiger partial charge in [0.2, 0.25) is 5.91 Å². The van der Waals surface area contributed by atoms with Gasteiger partial charge in [-0.05, 0) is 60.0 Å². The van der Waals surface area contributed by atoms with Crippen LogP contribution in [0, 0.1) is 11.6 Å². The number of carbonyl (C=O) groups excluding carboxylic acids is 2. The average Bonchev–Trinajstić information content (AvgIpc) is 2.80. The van der Waals surface area contributed by atoms with E-state index < -0.39 is 17.7 Å². The Kier molecular flexibility index (Phi) is 7.54. The van der Waals surface area contributed by atoms with Gasteiger partial charge in [-0.2, -0.15) is 0 Å². The van der Waals surface area contributed by atoms with E-state index in [1.807, 2.05) is 12.1 Å². The van der Waals surface area contributed by atoms with Crippen molar-refractivity contribution in [3.63, 3.8) is 0 Å². The highest BCUT2D eigenvalue weighted by Gasteiger charge is 2.13. The highest BCUT2D eigenvalue weighted by molar-refractivity contribution is 5.94. The Morgan fingerprint density at radius 3 is 2.19 bits per heavy atom. The van der Waals surface area contributed by atoms with Gasteiger partial charge in [0.25, 0.3) is 5.91 Å². The Labute approximate surface area is 185 Å². The molecule has 1 unspecified atom stereocenters. The van der Waals surface area contributed by atoms with Crippen molar-refractivity contribution in [2.75, 3.05) is 7.11 Å². The normalized spacial score (nSPS) is 11.5. The van der Waals surface area contributed by atoms with Crippen LogP contribution in [-0.4, -0.2) is 18.9 Å². The van der Waals surface area contributed by atoms with Gasteiger partial charge in [0, 0.05) is 12.1 Å². The summed E-state index contributed by atoms with van der Waals surface area (Å²) in [5, 5.41) is 5.61. The van der Waals surface area contributed by atoms with Gasteiger partial charge in [0.1, 0.15) is 5.75 Å². The molecule has 3 rings (SSSR count). The van der Waals surface area contributed by atoms with E-state index in [0.717, 1.165) is 29.0 Å². The molecule has 1 atom stereocenters. The molecule has 0 radical (unpaired) electrons. The Bertz CT molecular complexity index is 1080. The van der Waals surface area contributed by atoms with E-state index in [0.29, 0.717) is 17.7 Å². The van der Waals surface area contributed by atoms with Crippen molar-refractivity contribution in [2.24, 2.45) is 0 Å². The molecule has 32 heavy (non-hydrogen) atoms. The SMILES string of the molecule is COc1ccc(CC(=O)NCc2ccc(C(=O)NC(C)c3ccc(F)c(F)c3)cc2)cc1.